The average Bonchev–Trinajstić information content (AvgIpc) is 2.56. The van der Waals surface area contributed by atoms with Gasteiger partial charge in [-0.15, -0.1) is 0 Å². The number of rotatable bonds is 4. The van der Waals surface area contributed by atoms with Crippen molar-refractivity contribution in [1.29, 1.82) is 0 Å². The molecule has 0 spiro atoms. The molecule has 3 atom stereocenters. The molecule has 0 aromatic rings. The van der Waals surface area contributed by atoms with Crippen molar-refractivity contribution >= 4 is 11.8 Å². The average molecular weight is 237 g/mol. The highest BCUT2D eigenvalue weighted by molar-refractivity contribution is 6.05. The number of amides is 2. The van der Waals surface area contributed by atoms with E-state index >= 15 is 0 Å². The Hall–Kier alpha value is -1.16. The topological polar surface area (TPSA) is 57.6 Å². The van der Waals surface area contributed by atoms with E-state index in [4.69, 9.17) is 5.11 Å². The van der Waals surface area contributed by atoms with Gasteiger partial charge in [0.2, 0.25) is 11.8 Å². The summed E-state index contributed by atoms with van der Waals surface area (Å²) in [5, 5.41) is 8.85. The minimum absolute atomic E-state index is 0.0193. The molecule has 0 aromatic carbocycles. The van der Waals surface area contributed by atoms with Crippen LogP contribution in [0.2, 0.25) is 0 Å². The van der Waals surface area contributed by atoms with Gasteiger partial charge in [-0.05, 0) is 25.2 Å². The molecule has 94 valence electrons. The quantitative estimate of drug-likeness (QED) is 0.585. The zero-order chi connectivity index (χ0) is 12.4. The smallest absolute Gasteiger partial charge is 0.233 e. The van der Waals surface area contributed by atoms with Gasteiger partial charge in [-0.3, -0.25) is 14.5 Å². The molecular weight excluding hydrogens is 218 g/mol. The van der Waals surface area contributed by atoms with Crippen molar-refractivity contribution in [1.82, 2.24) is 4.90 Å². The molecule has 2 amide bonds. The SMILES string of the molecule is CC(CCO)CN1C(=O)C2CC=CCC2C1=O. The van der Waals surface area contributed by atoms with Crippen molar-refractivity contribution in [3.63, 3.8) is 0 Å². The van der Waals surface area contributed by atoms with Gasteiger partial charge in [-0.2, -0.15) is 0 Å². The first-order valence-corrected chi connectivity index (χ1v) is 6.26. The van der Waals surface area contributed by atoms with Gasteiger partial charge in [-0.25, -0.2) is 0 Å². The second kappa shape index (κ2) is 5.00. The van der Waals surface area contributed by atoms with Crippen molar-refractivity contribution in [2.45, 2.75) is 26.2 Å². The number of imide groups is 1. The van der Waals surface area contributed by atoms with Crippen molar-refractivity contribution in [2.24, 2.45) is 17.8 Å². The van der Waals surface area contributed by atoms with E-state index in [1.165, 1.54) is 4.90 Å². The molecule has 1 aliphatic heterocycles. The van der Waals surface area contributed by atoms with Crippen LogP contribution in [0.25, 0.3) is 0 Å². The number of hydrogen-bond donors (Lipinski definition) is 1. The van der Waals surface area contributed by atoms with E-state index in [0.29, 0.717) is 25.8 Å². The number of carbonyl (C=O) groups is 2. The Morgan fingerprint density at radius 3 is 2.29 bits per heavy atom. The van der Waals surface area contributed by atoms with Crippen molar-refractivity contribution in [3.8, 4) is 0 Å². The third-order valence-electron chi connectivity index (χ3n) is 3.72. The molecule has 1 fully saturated rings. The van der Waals surface area contributed by atoms with Gasteiger partial charge < -0.3 is 5.11 Å². The third-order valence-corrected chi connectivity index (χ3v) is 3.72. The minimum Gasteiger partial charge on any atom is -0.396 e. The summed E-state index contributed by atoms with van der Waals surface area (Å²) < 4.78 is 0. The van der Waals surface area contributed by atoms with Crippen LogP contribution in [0.4, 0.5) is 0 Å². The zero-order valence-electron chi connectivity index (χ0n) is 10.1. The van der Waals surface area contributed by atoms with Crippen LogP contribution in [-0.2, 0) is 9.59 Å². The largest absolute Gasteiger partial charge is 0.396 e. The van der Waals surface area contributed by atoms with Crippen LogP contribution in [0, 0.1) is 17.8 Å². The van der Waals surface area contributed by atoms with E-state index in [9.17, 15) is 9.59 Å². The van der Waals surface area contributed by atoms with Crippen LogP contribution < -0.4 is 0 Å². The van der Waals surface area contributed by atoms with E-state index in [1.54, 1.807) is 0 Å². The molecule has 2 aliphatic rings. The molecule has 0 saturated carbocycles. The molecule has 17 heavy (non-hydrogen) atoms. The molecule has 0 aromatic heterocycles. The first kappa shape index (κ1) is 12.3. The van der Waals surface area contributed by atoms with E-state index in [1.807, 2.05) is 19.1 Å². The Labute approximate surface area is 101 Å². The van der Waals surface area contributed by atoms with Crippen molar-refractivity contribution in [3.05, 3.63) is 12.2 Å². The van der Waals surface area contributed by atoms with Crippen LogP contribution in [-0.4, -0.2) is 35.0 Å². The standard InChI is InChI=1S/C13H19NO3/c1-9(6-7-15)8-14-12(16)10-4-2-3-5-11(10)13(14)17/h2-3,9-11,15H,4-8H2,1H3. The molecule has 0 radical (unpaired) electrons. The van der Waals surface area contributed by atoms with Gasteiger partial charge in [0.25, 0.3) is 0 Å². The maximum atomic E-state index is 12.1. The van der Waals surface area contributed by atoms with Crippen LogP contribution in [0.1, 0.15) is 26.2 Å². The molecule has 1 aliphatic carbocycles. The van der Waals surface area contributed by atoms with E-state index in [0.717, 1.165) is 0 Å². The number of carbonyl (C=O) groups excluding carboxylic acids is 2. The monoisotopic (exact) mass is 237 g/mol. The molecule has 3 unspecified atom stereocenters. The summed E-state index contributed by atoms with van der Waals surface area (Å²) in [7, 11) is 0. The Kier molecular flexibility index (Phi) is 3.62. The normalized spacial score (nSPS) is 29.6. The number of aliphatic hydroxyl groups excluding tert-OH is 1. The van der Waals surface area contributed by atoms with E-state index in [-0.39, 0.29) is 36.2 Å². The Morgan fingerprint density at radius 1 is 1.29 bits per heavy atom. The van der Waals surface area contributed by atoms with Gasteiger partial charge in [-0.1, -0.05) is 19.1 Å². The lowest BCUT2D eigenvalue weighted by Crippen LogP contribution is -2.35. The van der Waals surface area contributed by atoms with Gasteiger partial charge in [0.15, 0.2) is 0 Å². The predicted octanol–water partition coefficient (Wildman–Crippen LogP) is 0.956. The van der Waals surface area contributed by atoms with Gasteiger partial charge in [0, 0.05) is 13.2 Å². The first-order chi connectivity index (χ1) is 8.15. The number of likely N-dealkylation sites (tertiary alicyclic amines) is 1. The Bertz CT molecular complexity index is 325. The van der Waals surface area contributed by atoms with Crippen LogP contribution in [0.15, 0.2) is 12.2 Å². The van der Waals surface area contributed by atoms with E-state index in [2.05, 4.69) is 0 Å². The molecular formula is C13H19NO3. The lowest BCUT2D eigenvalue weighted by molar-refractivity contribution is -0.140. The molecule has 0 bridgehead atoms. The minimum atomic E-state index is -0.131. The molecule has 1 saturated heterocycles. The molecule has 1 N–H and O–H groups in total. The Morgan fingerprint density at radius 2 is 1.82 bits per heavy atom. The summed E-state index contributed by atoms with van der Waals surface area (Å²) in [6.45, 7) is 2.51. The highest BCUT2D eigenvalue weighted by Gasteiger charge is 2.47. The van der Waals surface area contributed by atoms with Crippen molar-refractivity contribution < 1.29 is 14.7 Å². The number of hydrogen-bond acceptors (Lipinski definition) is 3. The number of nitrogens with zero attached hydrogens (tertiary/aromatic N) is 1. The van der Waals surface area contributed by atoms with Crippen LogP contribution >= 0.6 is 0 Å². The second-order valence-electron chi connectivity index (χ2n) is 5.06. The molecule has 4 heteroatoms. The maximum absolute atomic E-state index is 12.1. The lowest BCUT2D eigenvalue weighted by Gasteiger charge is -2.19. The number of aliphatic hydroxyl groups is 1. The zero-order valence-corrected chi connectivity index (χ0v) is 10.1. The van der Waals surface area contributed by atoms with Crippen LogP contribution in [0.3, 0.4) is 0 Å². The fourth-order valence-corrected chi connectivity index (χ4v) is 2.67. The second-order valence-corrected chi connectivity index (χ2v) is 5.06. The van der Waals surface area contributed by atoms with Crippen molar-refractivity contribution in [2.75, 3.05) is 13.2 Å². The molecule has 2 rings (SSSR count). The summed E-state index contributed by atoms with van der Waals surface area (Å²) in [5.74, 6) is -0.132. The maximum Gasteiger partial charge on any atom is 0.233 e. The lowest BCUT2D eigenvalue weighted by atomic mass is 9.85. The third kappa shape index (κ3) is 2.27. The first-order valence-electron chi connectivity index (χ1n) is 6.26. The predicted molar refractivity (Wildman–Crippen MR) is 62.9 cm³/mol. The molecule has 4 nitrogen and oxygen atoms in total. The van der Waals surface area contributed by atoms with Gasteiger partial charge in [0.1, 0.15) is 0 Å². The summed E-state index contributed by atoms with van der Waals surface area (Å²) >= 11 is 0. The summed E-state index contributed by atoms with van der Waals surface area (Å²) in [6.07, 6.45) is 6.00. The summed E-state index contributed by atoms with van der Waals surface area (Å²) in [6, 6.07) is 0. The Balaban J connectivity index is 2.05. The van der Waals surface area contributed by atoms with Gasteiger partial charge >= 0.3 is 0 Å². The van der Waals surface area contributed by atoms with Crippen LogP contribution in [0.5, 0.6) is 0 Å². The fraction of sp³-hybridized carbons (Fsp3) is 0.692. The van der Waals surface area contributed by atoms with E-state index < -0.39 is 0 Å². The fourth-order valence-electron chi connectivity index (χ4n) is 2.67. The number of allylic oxidation sites excluding steroid dienone is 2. The highest BCUT2D eigenvalue weighted by Crippen LogP contribution is 2.35. The number of fused-ring (bicyclic) bond motifs is 1. The summed E-state index contributed by atoms with van der Waals surface area (Å²) in [5.41, 5.74) is 0. The van der Waals surface area contributed by atoms with Gasteiger partial charge in [0.05, 0.1) is 11.8 Å². The highest BCUT2D eigenvalue weighted by atomic mass is 16.3. The summed E-state index contributed by atoms with van der Waals surface area (Å²) in [4.78, 5) is 25.6. The molecule has 1 heterocycles.